The lowest BCUT2D eigenvalue weighted by molar-refractivity contribution is 0.294. The van der Waals surface area contributed by atoms with Gasteiger partial charge in [0.1, 0.15) is 0 Å². The highest BCUT2D eigenvalue weighted by molar-refractivity contribution is 5.27. The van der Waals surface area contributed by atoms with E-state index in [2.05, 4.69) is 35.6 Å². The molecule has 98 valence electrons. The Labute approximate surface area is 110 Å². The zero-order valence-corrected chi connectivity index (χ0v) is 11.0. The molecule has 2 atom stereocenters. The Morgan fingerprint density at radius 2 is 1.78 bits per heavy atom. The van der Waals surface area contributed by atoms with Crippen molar-refractivity contribution in [3.8, 4) is 0 Å². The molecule has 0 aromatic heterocycles. The van der Waals surface area contributed by atoms with Gasteiger partial charge < -0.3 is 11.1 Å². The average molecular weight is 244 g/mol. The molecule has 2 nitrogen and oxygen atoms in total. The molecule has 1 aromatic rings. The van der Waals surface area contributed by atoms with Gasteiger partial charge in [0.2, 0.25) is 0 Å². The van der Waals surface area contributed by atoms with Crippen LogP contribution in [0.4, 0.5) is 0 Å². The quantitative estimate of drug-likeness (QED) is 0.854. The van der Waals surface area contributed by atoms with Crippen LogP contribution < -0.4 is 11.1 Å². The third-order valence-corrected chi connectivity index (χ3v) is 4.65. The summed E-state index contributed by atoms with van der Waals surface area (Å²) >= 11 is 0. The predicted molar refractivity (Wildman–Crippen MR) is 75.5 cm³/mol. The van der Waals surface area contributed by atoms with Crippen LogP contribution in [0.5, 0.6) is 0 Å². The molecule has 0 radical (unpaired) electrons. The van der Waals surface area contributed by atoms with Gasteiger partial charge in [0.05, 0.1) is 0 Å². The summed E-state index contributed by atoms with van der Waals surface area (Å²) in [6.45, 7) is 0.878. The molecule has 0 heterocycles. The van der Waals surface area contributed by atoms with Crippen LogP contribution in [0.25, 0.3) is 0 Å². The highest BCUT2D eigenvalue weighted by atomic mass is 15.0. The summed E-state index contributed by atoms with van der Waals surface area (Å²) in [5.74, 6) is 1.55. The van der Waals surface area contributed by atoms with E-state index >= 15 is 0 Å². The number of hydrogen-bond donors (Lipinski definition) is 2. The highest BCUT2D eigenvalue weighted by Crippen LogP contribution is 2.41. The number of hydrogen-bond acceptors (Lipinski definition) is 2. The Bertz CT molecular complexity index is 368. The molecule has 0 bridgehead atoms. The van der Waals surface area contributed by atoms with Crippen LogP contribution in [0.1, 0.15) is 43.6 Å². The predicted octanol–water partition coefficient (Wildman–Crippen LogP) is 2.65. The lowest BCUT2D eigenvalue weighted by Gasteiger charge is -2.28. The summed E-state index contributed by atoms with van der Waals surface area (Å²) in [5.41, 5.74) is 7.25. The van der Waals surface area contributed by atoms with Gasteiger partial charge in [-0.1, -0.05) is 30.3 Å². The Kier molecular flexibility index (Phi) is 3.67. The molecule has 0 saturated heterocycles. The Hall–Kier alpha value is -0.860. The minimum absolute atomic E-state index is 0.729. The molecule has 3 N–H and O–H groups in total. The minimum Gasteiger partial charge on any atom is -0.330 e. The molecule has 0 spiro atoms. The second-order valence-electron chi connectivity index (χ2n) is 5.98. The number of benzene rings is 1. The molecule has 2 heteroatoms. The van der Waals surface area contributed by atoms with E-state index < -0.39 is 0 Å². The molecule has 3 rings (SSSR count). The van der Waals surface area contributed by atoms with E-state index in [-0.39, 0.29) is 0 Å². The van der Waals surface area contributed by atoms with E-state index in [4.69, 9.17) is 5.73 Å². The maximum atomic E-state index is 5.74. The van der Waals surface area contributed by atoms with Crippen molar-refractivity contribution >= 4 is 0 Å². The smallest absolute Gasteiger partial charge is 0.0145 e. The lowest BCUT2D eigenvalue weighted by atomic mass is 9.86. The summed E-state index contributed by atoms with van der Waals surface area (Å²) in [6.07, 6.45) is 6.59. The highest BCUT2D eigenvalue weighted by Gasteiger charge is 2.39. The second kappa shape index (κ2) is 5.41. The van der Waals surface area contributed by atoms with E-state index in [9.17, 15) is 0 Å². The van der Waals surface area contributed by atoms with Gasteiger partial charge in [0.15, 0.2) is 0 Å². The number of nitrogens with two attached hydrogens (primary N) is 1. The van der Waals surface area contributed by atoms with Crippen molar-refractivity contribution in [3.05, 3.63) is 35.9 Å². The van der Waals surface area contributed by atoms with Crippen LogP contribution in [0.15, 0.2) is 30.3 Å². The molecule has 0 amide bonds. The fourth-order valence-electron chi connectivity index (χ4n) is 3.32. The van der Waals surface area contributed by atoms with Crippen molar-refractivity contribution < 1.29 is 0 Å². The van der Waals surface area contributed by atoms with E-state index in [1.54, 1.807) is 0 Å². The summed E-state index contributed by atoms with van der Waals surface area (Å²) in [7, 11) is 0. The molecule has 2 fully saturated rings. The third kappa shape index (κ3) is 2.76. The summed E-state index contributed by atoms with van der Waals surface area (Å²) in [5, 5.41) is 3.85. The third-order valence-electron chi connectivity index (χ3n) is 4.65. The SMILES string of the molecule is NCC1CCC(N[C@@H]2C[C@H]2c2ccccc2)CC1. The van der Waals surface area contributed by atoms with Crippen molar-refractivity contribution in [1.29, 1.82) is 0 Å². The van der Waals surface area contributed by atoms with Gasteiger partial charge in [-0.2, -0.15) is 0 Å². The lowest BCUT2D eigenvalue weighted by Crippen LogP contribution is -2.36. The zero-order chi connectivity index (χ0) is 12.4. The molecule has 18 heavy (non-hydrogen) atoms. The van der Waals surface area contributed by atoms with Gasteiger partial charge in [-0.25, -0.2) is 0 Å². The van der Waals surface area contributed by atoms with Crippen LogP contribution in [0, 0.1) is 5.92 Å². The first-order valence-electron chi connectivity index (χ1n) is 7.38. The standard InChI is InChI=1S/C16H24N2/c17-11-12-6-8-14(9-7-12)18-16-10-15(16)13-4-2-1-3-5-13/h1-5,12,14-16,18H,6-11,17H2/t12?,14?,15-,16+/m0/s1. The van der Waals surface area contributed by atoms with Gasteiger partial charge in [-0.15, -0.1) is 0 Å². The van der Waals surface area contributed by atoms with Crippen LogP contribution in [-0.2, 0) is 0 Å². The van der Waals surface area contributed by atoms with Crippen molar-refractivity contribution in [2.75, 3.05) is 6.54 Å². The molecule has 2 aliphatic carbocycles. The topological polar surface area (TPSA) is 38.0 Å². The largest absolute Gasteiger partial charge is 0.330 e. The van der Waals surface area contributed by atoms with Crippen molar-refractivity contribution in [2.24, 2.45) is 11.7 Å². The fraction of sp³-hybridized carbons (Fsp3) is 0.625. The van der Waals surface area contributed by atoms with Crippen molar-refractivity contribution in [3.63, 3.8) is 0 Å². The van der Waals surface area contributed by atoms with E-state index in [1.165, 1.54) is 37.7 Å². The van der Waals surface area contributed by atoms with Gasteiger partial charge in [-0.3, -0.25) is 0 Å². The molecule has 0 aliphatic heterocycles. The summed E-state index contributed by atoms with van der Waals surface area (Å²) < 4.78 is 0. The van der Waals surface area contributed by atoms with E-state index in [1.807, 2.05) is 0 Å². The van der Waals surface area contributed by atoms with Crippen molar-refractivity contribution in [2.45, 2.75) is 50.1 Å². The fourth-order valence-corrected chi connectivity index (χ4v) is 3.32. The maximum Gasteiger partial charge on any atom is 0.0145 e. The second-order valence-corrected chi connectivity index (χ2v) is 5.98. The molecular weight excluding hydrogens is 220 g/mol. The molecule has 2 aliphatic rings. The Morgan fingerprint density at radius 1 is 1.06 bits per heavy atom. The van der Waals surface area contributed by atoms with Crippen LogP contribution in [0.2, 0.25) is 0 Å². The van der Waals surface area contributed by atoms with Crippen LogP contribution in [-0.4, -0.2) is 18.6 Å². The number of nitrogens with one attached hydrogen (secondary N) is 1. The maximum absolute atomic E-state index is 5.74. The molecule has 0 unspecified atom stereocenters. The summed E-state index contributed by atoms with van der Waals surface area (Å²) in [6, 6.07) is 12.4. The molecule has 2 saturated carbocycles. The van der Waals surface area contributed by atoms with E-state index in [0.717, 1.165) is 30.5 Å². The van der Waals surface area contributed by atoms with Crippen LogP contribution >= 0.6 is 0 Å². The van der Waals surface area contributed by atoms with Gasteiger partial charge in [-0.05, 0) is 50.1 Å². The Balaban J connectivity index is 1.46. The van der Waals surface area contributed by atoms with Gasteiger partial charge in [0, 0.05) is 18.0 Å². The monoisotopic (exact) mass is 244 g/mol. The Morgan fingerprint density at radius 3 is 2.44 bits per heavy atom. The zero-order valence-electron chi connectivity index (χ0n) is 11.0. The van der Waals surface area contributed by atoms with E-state index in [0.29, 0.717) is 0 Å². The van der Waals surface area contributed by atoms with Gasteiger partial charge >= 0.3 is 0 Å². The normalized spacial score (nSPS) is 35.4. The number of rotatable bonds is 4. The minimum atomic E-state index is 0.729. The molecular formula is C16H24N2. The van der Waals surface area contributed by atoms with Gasteiger partial charge in [0.25, 0.3) is 0 Å². The summed E-state index contributed by atoms with van der Waals surface area (Å²) in [4.78, 5) is 0. The first-order chi connectivity index (χ1) is 8.86. The average Bonchev–Trinajstić information content (AvgIpc) is 3.20. The first-order valence-corrected chi connectivity index (χ1v) is 7.38. The first kappa shape index (κ1) is 12.2. The van der Waals surface area contributed by atoms with Crippen LogP contribution in [0.3, 0.4) is 0 Å². The molecule has 1 aromatic carbocycles. The van der Waals surface area contributed by atoms with Crippen molar-refractivity contribution in [1.82, 2.24) is 5.32 Å².